The Morgan fingerprint density at radius 1 is 1.36 bits per heavy atom. The van der Waals surface area contributed by atoms with Gasteiger partial charge in [-0.1, -0.05) is 15.9 Å². The van der Waals surface area contributed by atoms with E-state index in [4.69, 9.17) is 4.74 Å². The second-order valence-electron chi connectivity index (χ2n) is 2.70. The summed E-state index contributed by atoms with van der Waals surface area (Å²) in [7, 11) is 0. The quantitative estimate of drug-likeness (QED) is 0.643. The summed E-state index contributed by atoms with van der Waals surface area (Å²) in [6.45, 7) is 0.870. The van der Waals surface area contributed by atoms with Crippen molar-refractivity contribution in [3.63, 3.8) is 0 Å². The van der Waals surface area contributed by atoms with Crippen LogP contribution in [0.15, 0.2) is 22.7 Å². The summed E-state index contributed by atoms with van der Waals surface area (Å²) in [4.78, 5) is 0. The van der Waals surface area contributed by atoms with E-state index in [-0.39, 0.29) is 0 Å². The largest absolute Gasteiger partial charge is 0.493 e. The van der Waals surface area contributed by atoms with E-state index in [0.29, 0.717) is 0 Å². The molecule has 0 saturated heterocycles. The molecule has 0 fully saturated rings. The van der Waals surface area contributed by atoms with Crippen molar-refractivity contribution in [3.8, 4) is 5.75 Å². The van der Waals surface area contributed by atoms with Gasteiger partial charge in [0.2, 0.25) is 0 Å². The number of halogens is 1. The molecule has 0 radical (unpaired) electrons. The van der Waals surface area contributed by atoms with Crippen LogP contribution < -0.4 is 4.74 Å². The number of hydrogen-bond acceptors (Lipinski definition) is 1. The molecule has 2 rings (SSSR count). The Balaban J connectivity index is 2.43. The molecule has 1 nitrogen and oxygen atoms in total. The standard InChI is InChI=1S/C9H9BrO/c10-8-3-4-9-7(6-8)2-1-5-11-9/h3-4,6H,1-2,5H2. The molecule has 1 aromatic rings. The highest BCUT2D eigenvalue weighted by molar-refractivity contribution is 9.10. The summed E-state index contributed by atoms with van der Waals surface area (Å²) in [6.07, 6.45) is 2.29. The fourth-order valence-corrected chi connectivity index (χ4v) is 1.74. The molecular formula is C9H9BrO. The van der Waals surface area contributed by atoms with Gasteiger partial charge in [-0.25, -0.2) is 0 Å². The van der Waals surface area contributed by atoms with Crippen LogP contribution in [0.5, 0.6) is 5.75 Å². The lowest BCUT2D eigenvalue weighted by Gasteiger charge is -2.16. The van der Waals surface area contributed by atoms with E-state index in [0.717, 1.165) is 29.7 Å². The number of ether oxygens (including phenoxy) is 1. The van der Waals surface area contributed by atoms with Crippen LogP contribution in [0, 0.1) is 0 Å². The van der Waals surface area contributed by atoms with Gasteiger partial charge in [-0.2, -0.15) is 0 Å². The predicted octanol–water partition coefficient (Wildman–Crippen LogP) is 2.77. The molecule has 11 heavy (non-hydrogen) atoms. The Bertz CT molecular complexity index is 270. The van der Waals surface area contributed by atoms with E-state index in [1.165, 1.54) is 5.56 Å². The highest BCUT2D eigenvalue weighted by atomic mass is 79.9. The minimum Gasteiger partial charge on any atom is -0.493 e. The van der Waals surface area contributed by atoms with Crippen LogP contribution in [0.4, 0.5) is 0 Å². The van der Waals surface area contributed by atoms with Crippen molar-refractivity contribution in [2.75, 3.05) is 6.61 Å². The van der Waals surface area contributed by atoms with Gasteiger partial charge < -0.3 is 4.74 Å². The average Bonchev–Trinajstić information content (AvgIpc) is 2.04. The number of hydrogen-bond donors (Lipinski definition) is 0. The van der Waals surface area contributed by atoms with E-state index < -0.39 is 0 Å². The molecule has 0 aromatic heterocycles. The molecule has 2 heteroatoms. The first kappa shape index (κ1) is 7.17. The second-order valence-corrected chi connectivity index (χ2v) is 3.62. The Hall–Kier alpha value is -0.500. The lowest BCUT2D eigenvalue weighted by Crippen LogP contribution is -2.07. The maximum Gasteiger partial charge on any atom is 0.122 e. The van der Waals surface area contributed by atoms with Crippen LogP contribution in [-0.4, -0.2) is 6.61 Å². The van der Waals surface area contributed by atoms with Crippen molar-refractivity contribution in [3.05, 3.63) is 28.2 Å². The van der Waals surface area contributed by atoms with Crippen LogP contribution in [-0.2, 0) is 6.42 Å². The number of rotatable bonds is 0. The maximum atomic E-state index is 5.46. The van der Waals surface area contributed by atoms with Gasteiger partial charge in [0.05, 0.1) is 6.61 Å². The van der Waals surface area contributed by atoms with Crippen molar-refractivity contribution >= 4 is 15.9 Å². The smallest absolute Gasteiger partial charge is 0.122 e. The molecule has 0 bridgehead atoms. The number of aryl methyl sites for hydroxylation is 1. The Labute approximate surface area is 74.5 Å². The topological polar surface area (TPSA) is 9.23 Å². The monoisotopic (exact) mass is 212 g/mol. The summed E-state index contributed by atoms with van der Waals surface area (Å²) in [6, 6.07) is 6.18. The fraction of sp³-hybridized carbons (Fsp3) is 0.333. The molecular weight excluding hydrogens is 204 g/mol. The van der Waals surface area contributed by atoms with Gasteiger partial charge >= 0.3 is 0 Å². The fourth-order valence-electron chi connectivity index (χ4n) is 1.33. The van der Waals surface area contributed by atoms with Gasteiger partial charge in [0.25, 0.3) is 0 Å². The first-order valence-electron chi connectivity index (χ1n) is 3.77. The second kappa shape index (κ2) is 2.86. The average molecular weight is 213 g/mol. The minimum atomic E-state index is 0.870. The lowest BCUT2D eigenvalue weighted by molar-refractivity contribution is 0.288. The van der Waals surface area contributed by atoms with Gasteiger partial charge in [0, 0.05) is 4.47 Å². The summed E-state index contributed by atoms with van der Waals surface area (Å²) >= 11 is 3.43. The van der Waals surface area contributed by atoms with Crippen molar-refractivity contribution in [1.82, 2.24) is 0 Å². The first-order valence-corrected chi connectivity index (χ1v) is 4.57. The number of fused-ring (bicyclic) bond motifs is 1. The van der Waals surface area contributed by atoms with Crippen molar-refractivity contribution < 1.29 is 4.74 Å². The van der Waals surface area contributed by atoms with E-state index in [1.54, 1.807) is 0 Å². The first-order chi connectivity index (χ1) is 5.36. The van der Waals surface area contributed by atoms with Crippen molar-refractivity contribution in [2.45, 2.75) is 12.8 Å². The molecule has 1 aliphatic rings. The van der Waals surface area contributed by atoms with E-state index in [2.05, 4.69) is 22.0 Å². The molecule has 58 valence electrons. The molecule has 1 aromatic carbocycles. The minimum absolute atomic E-state index is 0.870. The van der Waals surface area contributed by atoms with Gasteiger partial charge in [-0.15, -0.1) is 0 Å². The number of benzene rings is 1. The maximum absolute atomic E-state index is 5.46. The summed E-state index contributed by atoms with van der Waals surface area (Å²) in [5.74, 6) is 1.06. The van der Waals surface area contributed by atoms with E-state index >= 15 is 0 Å². The third kappa shape index (κ3) is 1.41. The van der Waals surface area contributed by atoms with Gasteiger partial charge in [-0.05, 0) is 36.6 Å². The molecule has 1 heterocycles. The SMILES string of the molecule is Brc1ccc2c(c1)CCCO2. The normalized spacial score (nSPS) is 15.4. The molecule has 0 atom stereocenters. The van der Waals surface area contributed by atoms with E-state index in [9.17, 15) is 0 Å². The van der Waals surface area contributed by atoms with E-state index in [1.807, 2.05) is 12.1 Å². The third-order valence-electron chi connectivity index (χ3n) is 1.87. The van der Waals surface area contributed by atoms with Crippen LogP contribution in [0.25, 0.3) is 0 Å². The summed E-state index contributed by atoms with van der Waals surface area (Å²) < 4.78 is 6.60. The molecule has 0 unspecified atom stereocenters. The molecule has 0 aliphatic carbocycles. The van der Waals surface area contributed by atoms with Crippen LogP contribution >= 0.6 is 15.9 Å². The highest BCUT2D eigenvalue weighted by Gasteiger charge is 2.08. The zero-order valence-corrected chi connectivity index (χ0v) is 7.73. The summed E-state index contributed by atoms with van der Waals surface area (Å²) in [5, 5.41) is 0. The van der Waals surface area contributed by atoms with Crippen molar-refractivity contribution in [2.24, 2.45) is 0 Å². The Morgan fingerprint density at radius 3 is 3.18 bits per heavy atom. The van der Waals surface area contributed by atoms with Gasteiger partial charge in [-0.3, -0.25) is 0 Å². The highest BCUT2D eigenvalue weighted by Crippen LogP contribution is 2.27. The summed E-state index contributed by atoms with van der Waals surface area (Å²) in [5.41, 5.74) is 1.32. The zero-order chi connectivity index (χ0) is 7.68. The lowest BCUT2D eigenvalue weighted by atomic mass is 10.1. The van der Waals surface area contributed by atoms with Crippen LogP contribution in [0.1, 0.15) is 12.0 Å². The molecule has 1 aliphatic heterocycles. The van der Waals surface area contributed by atoms with Crippen molar-refractivity contribution in [1.29, 1.82) is 0 Å². The zero-order valence-electron chi connectivity index (χ0n) is 6.14. The van der Waals surface area contributed by atoms with Gasteiger partial charge in [0.1, 0.15) is 5.75 Å². The third-order valence-corrected chi connectivity index (χ3v) is 2.36. The molecule has 0 N–H and O–H groups in total. The Morgan fingerprint density at radius 2 is 2.27 bits per heavy atom. The van der Waals surface area contributed by atoms with Gasteiger partial charge in [0.15, 0.2) is 0 Å². The predicted molar refractivity (Wildman–Crippen MR) is 48.0 cm³/mol. The Kier molecular flexibility index (Phi) is 1.86. The van der Waals surface area contributed by atoms with Crippen LogP contribution in [0.2, 0.25) is 0 Å². The molecule has 0 spiro atoms. The molecule has 0 saturated carbocycles. The molecule has 0 amide bonds. The van der Waals surface area contributed by atoms with Crippen LogP contribution in [0.3, 0.4) is 0 Å².